The molecule has 0 spiro atoms. The molecule has 1 aromatic heterocycles. The van der Waals surface area contributed by atoms with Gasteiger partial charge in [0.15, 0.2) is 0 Å². The van der Waals surface area contributed by atoms with Gasteiger partial charge in [0.25, 0.3) is 0 Å². The van der Waals surface area contributed by atoms with Crippen molar-refractivity contribution in [2.45, 2.75) is 6.42 Å². The Balaban J connectivity index is 1.95. The minimum Gasteiger partial charge on any atom is -0.353 e. The molecule has 1 amide bonds. The van der Waals surface area contributed by atoms with Crippen LogP contribution in [0.25, 0.3) is 0 Å². The molecule has 2 rings (SSSR count). The average Bonchev–Trinajstić information content (AvgIpc) is 2.39. The van der Waals surface area contributed by atoms with E-state index in [9.17, 15) is 4.79 Å². The molecule has 2 heterocycles. The van der Waals surface area contributed by atoms with E-state index < -0.39 is 0 Å². The topological polar surface area (TPSA) is 73.1 Å². The molecule has 6 nitrogen and oxygen atoms in total. The number of nitrogens with zero attached hydrogens (tertiary/aromatic N) is 5. The molecule has 0 aromatic carbocycles. The first-order valence-electron chi connectivity index (χ1n) is 5.59. The van der Waals surface area contributed by atoms with Crippen LogP contribution < -0.4 is 4.90 Å². The lowest BCUT2D eigenvalue weighted by Crippen LogP contribution is -2.49. The third kappa shape index (κ3) is 2.87. The van der Waals surface area contributed by atoms with E-state index >= 15 is 0 Å². The molecule has 0 bridgehead atoms. The Hall–Kier alpha value is -1.87. The maximum Gasteiger partial charge on any atom is 0.236 e. The predicted molar refractivity (Wildman–Crippen MR) is 66.1 cm³/mol. The molecule has 0 atom stereocenters. The van der Waals surface area contributed by atoms with Gasteiger partial charge in [-0.3, -0.25) is 4.79 Å². The fraction of sp³-hybridized carbons (Fsp3) is 0.455. The number of hydrogen-bond acceptors (Lipinski definition) is 5. The predicted octanol–water partition coefficient (Wildman–Crippen LogP) is 0.692. The van der Waals surface area contributed by atoms with Gasteiger partial charge in [-0.05, 0) is 17.7 Å². The van der Waals surface area contributed by atoms with Crippen molar-refractivity contribution in [3.05, 3.63) is 17.5 Å². The van der Waals surface area contributed by atoms with Crippen LogP contribution in [-0.4, -0.2) is 47.0 Å². The van der Waals surface area contributed by atoms with Gasteiger partial charge in [0, 0.05) is 32.4 Å². The van der Waals surface area contributed by atoms with Gasteiger partial charge < -0.3 is 9.80 Å². The lowest BCUT2D eigenvalue weighted by molar-refractivity contribution is -0.130. The Morgan fingerprint density at radius 3 is 2.78 bits per heavy atom. The lowest BCUT2D eigenvalue weighted by atomic mass is 10.3. The zero-order valence-corrected chi connectivity index (χ0v) is 10.5. The van der Waals surface area contributed by atoms with Gasteiger partial charge in [0.1, 0.15) is 12.2 Å². The van der Waals surface area contributed by atoms with Crippen molar-refractivity contribution >= 4 is 23.3 Å². The Morgan fingerprint density at radius 2 is 2.17 bits per heavy atom. The summed E-state index contributed by atoms with van der Waals surface area (Å²) in [5, 5.41) is 8.71. The minimum absolute atomic E-state index is 0.0562. The van der Waals surface area contributed by atoms with Gasteiger partial charge in [-0.2, -0.15) is 5.26 Å². The van der Waals surface area contributed by atoms with E-state index in [0.717, 1.165) is 5.82 Å². The molecule has 0 radical (unpaired) electrons. The molecular weight excluding hydrogens is 254 g/mol. The van der Waals surface area contributed by atoms with Crippen molar-refractivity contribution in [1.29, 1.82) is 5.26 Å². The number of amides is 1. The first-order valence-corrected chi connectivity index (χ1v) is 5.96. The first kappa shape index (κ1) is 12.6. The second kappa shape index (κ2) is 5.65. The van der Waals surface area contributed by atoms with E-state index in [4.69, 9.17) is 16.9 Å². The molecule has 7 heteroatoms. The summed E-state index contributed by atoms with van der Waals surface area (Å²) in [4.78, 5) is 23.2. The van der Waals surface area contributed by atoms with Crippen LogP contribution in [0.15, 0.2) is 12.3 Å². The molecule has 0 unspecified atom stereocenters. The number of rotatable bonds is 2. The van der Waals surface area contributed by atoms with E-state index in [1.165, 1.54) is 0 Å². The lowest BCUT2D eigenvalue weighted by Gasteiger charge is -2.35. The number of hydrogen-bond donors (Lipinski definition) is 0. The summed E-state index contributed by atoms with van der Waals surface area (Å²) in [7, 11) is 0. The van der Waals surface area contributed by atoms with E-state index in [2.05, 4.69) is 9.97 Å². The van der Waals surface area contributed by atoms with Crippen LogP contribution in [0.4, 0.5) is 5.82 Å². The summed E-state index contributed by atoms with van der Waals surface area (Å²) in [5.41, 5.74) is 0. The van der Waals surface area contributed by atoms with Gasteiger partial charge in [-0.1, -0.05) is 0 Å². The number of carbonyl (C=O) groups is 1. The number of aromatic nitrogens is 2. The second-order valence-electron chi connectivity index (χ2n) is 3.89. The summed E-state index contributed by atoms with van der Waals surface area (Å²) in [6, 6.07) is 3.66. The average molecular weight is 266 g/mol. The molecule has 1 fully saturated rings. The van der Waals surface area contributed by atoms with Crippen molar-refractivity contribution in [3.8, 4) is 6.07 Å². The van der Waals surface area contributed by atoms with E-state index in [1.807, 2.05) is 11.0 Å². The van der Waals surface area contributed by atoms with Crippen molar-refractivity contribution in [2.24, 2.45) is 0 Å². The maximum atomic E-state index is 11.5. The highest BCUT2D eigenvalue weighted by atomic mass is 35.5. The zero-order chi connectivity index (χ0) is 13.0. The number of anilines is 1. The standard InChI is InChI=1S/C11H12ClN5O/c12-11-14-4-2-9(15-11)16-5-7-17(8-6-16)10(18)1-3-13/h2,4H,1,5-8H2. The van der Waals surface area contributed by atoms with Crippen molar-refractivity contribution in [3.63, 3.8) is 0 Å². The first-order chi connectivity index (χ1) is 8.70. The molecule has 1 aliphatic rings. The third-order valence-electron chi connectivity index (χ3n) is 2.80. The highest BCUT2D eigenvalue weighted by molar-refractivity contribution is 6.28. The fourth-order valence-electron chi connectivity index (χ4n) is 1.87. The number of piperazine rings is 1. The van der Waals surface area contributed by atoms with Gasteiger partial charge in [0.05, 0.1) is 6.07 Å². The van der Waals surface area contributed by atoms with Crippen LogP contribution in [0.5, 0.6) is 0 Å². The molecule has 1 saturated heterocycles. The number of halogens is 1. The Bertz CT molecular complexity index is 479. The summed E-state index contributed by atoms with van der Waals surface area (Å²) >= 11 is 5.73. The van der Waals surface area contributed by atoms with E-state index in [1.54, 1.807) is 17.2 Å². The van der Waals surface area contributed by atoms with E-state index in [0.29, 0.717) is 26.2 Å². The normalized spacial score (nSPS) is 15.3. The monoisotopic (exact) mass is 265 g/mol. The quantitative estimate of drug-likeness (QED) is 0.736. The Labute approximate surface area is 110 Å². The molecule has 94 valence electrons. The maximum absolute atomic E-state index is 11.5. The highest BCUT2D eigenvalue weighted by Gasteiger charge is 2.21. The van der Waals surface area contributed by atoms with Crippen LogP contribution in [0.3, 0.4) is 0 Å². The van der Waals surface area contributed by atoms with Crippen LogP contribution in [0.1, 0.15) is 6.42 Å². The molecule has 1 aliphatic heterocycles. The molecular formula is C11H12ClN5O. The van der Waals surface area contributed by atoms with Crippen LogP contribution in [0, 0.1) is 11.3 Å². The summed E-state index contributed by atoms with van der Waals surface area (Å²) in [6.07, 6.45) is 1.55. The van der Waals surface area contributed by atoms with Crippen molar-refractivity contribution < 1.29 is 4.79 Å². The summed E-state index contributed by atoms with van der Waals surface area (Å²) in [6.45, 7) is 2.57. The Morgan fingerprint density at radius 1 is 1.44 bits per heavy atom. The van der Waals surface area contributed by atoms with Crippen LogP contribution in [0.2, 0.25) is 5.28 Å². The molecule has 18 heavy (non-hydrogen) atoms. The van der Waals surface area contributed by atoms with Gasteiger partial charge >= 0.3 is 0 Å². The summed E-state index contributed by atoms with van der Waals surface area (Å²) < 4.78 is 0. The van der Waals surface area contributed by atoms with Crippen molar-refractivity contribution in [1.82, 2.24) is 14.9 Å². The van der Waals surface area contributed by atoms with Crippen LogP contribution >= 0.6 is 11.6 Å². The van der Waals surface area contributed by atoms with Gasteiger partial charge in [-0.25, -0.2) is 9.97 Å². The fourth-order valence-corrected chi connectivity index (χ4v) is 2.01. The van der Waals surface area contributed by atoms with Crippen molar-refractivity contribution in [2.75, 3.05) is 31.1 Å². The number of nitriles is 1. The second-order valence-corrected chi connectivity index (χ2v) is 4.22. The van der Waals surface area contributed by atoms with Gasteiger partial charge in [0.2, 0.25) is 11.2 Å². The molecule has 1 aromatic rings. The zero-order valence-electron chi connectivity index (χ0n) is 9.71. The smallest absolute Gasteiger partial charge is 0.236 e. The van der Waals surface area contributed by atoms with Gasteiger partial charge in [-0.15, -0.1) is 0 Å². The minimum atomic E-state index is -0.113. The van der Waals surface area contributed by atoms with Crippen LogP contribution in [-0.2, 0) is 4.79 Å². The molecule has 0 N–H and O–H groups in total. The molecule has 0 saturated carbocycles. The largest absolute Gasteiger partial charge is 0.353 e. The number of carbonyl (C=O) groups excluding carboxylic acids is 1. The SMILES string of the molecule is N#CCC(=O)N1CCN(c2ccnc(Cl)n2)CC1. The Kier molecular flexibility index (Phi) is 3.95. The third-order valence-corrected chi connectivity index (χ3v) is 2.98. The highest BCUT2D eigenvalue weighted by Crippen LogP contribution is 2.14. The van der Waals surface area contributed by atoms with E-state index in [-0.39, 0.29) is 17.6 Å². The summed E-state index contributed by atoms with van der Waals surface area (Å²) in [5.74, 6) is 0.653. The molecule has 0 aliphatic carbocycles.